The van der Waals surface area contributed by atoms with Gasteiger partial charge in [-0.2, -0.15) is 0 Å². The maximum absolute atomic E-state index is 12.1. The van der Waals surface area contributed by atoms with Gasteiger partial charge >= 0.3 is 5.97 Å². The highest BCUT2D eigenvalue weighted by molar-refractivity contribution is 5.88. The van der Waals surface area contributed by atoms with Gasteiger partial charge in [0.05, 0.1) is 5.52 Å². The van der Waals surface area contributed by atoms with E-state index in [1.165, 1.54) is 4.40 Å². The van der Waals surface area contributed by atoms with E-state index in [1.807, 2.05) is 13.0 Å². The van der Waals surface area contributed by atoms with E-state index in [9.17, 15) is 9.59 Å². The Balaban J connectivity index is 2.47. The van der Waals surface area contributed by atoms with Gasteiger partial charge in [-0.15, -0.1) is 0 Å². The third-order valence-corrected chi connectivity index (χ3v) is 3.47. The number of hydrogen-bond donors (Lipinski definition) is 1. The van der Waals surface area contributed by atoms with Gasteiger partial charge in [-0.3, -0.25) is 9.20 Å². The molecule has 0 atom stereocenters. The molecule has 18 heavy (non-hydrogen) atoms. The Morgan fingerprint density at radius 1 is 1.44 bits per heavy atom. The third kappa shape index (κ3) is 1.53. The van der Waals surface area contributed by atoms with Crippen LogP contribution in [0.15, 0.2) is 29.2 Å². The lowest BCUT2D eigenvalue weighted by atomic mass is 10.0. The van der Waals surface area contributed by atoms with Crippen molar-refractivity contribution < 1.29 is 9.90 Å². The van der Waals surface area contributed by atoms with E-state index in [-0.39, 0.29) is 5.56 Å². The van der Waals surface area contributed by atoms with Gasteiger partial charge in [0.1, 0.15) is 5.56 Å². The van der Waals surface area contributed by atoms with E-state index in [0.29, 0.717) is 5.92 Å². The average molecular weight is 243 g/mol. The second-order valence-corrected chi connectivity index (χ2v) is 4.81. The molecule has 1 N–H and O–H groups in total. The Labute approximate surface area is 103 Å². The molecule has 0 aliphatic heterocycles. The van der Waals surface area contributed by atoms with Crippen molar-refractivity contribution in [3.63, 3.8) is 0 Å². The number of carboxylic acids is 1. The molecule has 2 aromatic rings. The van der Waals surface area contributed by atoms with Crippen LogP contribution in [-0.4, -0.2) is 15.5 Å². The average Bonchev–Trinajstić information content (AvgIpc) is 3.14. The number of carbonyl (C=O) groups is 1. The van der Waals surface area contributed by atoms with Crippen molar-refractivity contribution in [1.82, 2.24) is 4.40 Å². The van der Waals surface area contributed by atoms with Gasteiger partial charge in [-0.1, -0.05) is 6.07 Å². The van der Waals surface area contributed by atoms with Gasteiger partial charge in [-0.25, -0.2) is 4.79 Å². The van der Waals surface area contributed by atoms with Crippen LogP contribution in [0, 0.1) is 6.92 Å². The Morgan fingerprint density at radius 2 is 2.17 bits per heavy atom. The number of nitrogens with zero attached hydrogens (tertiary/aromatic N) is 1. The minimum atomic E-state index is -1.15. The third-order valence-electron chi connectivity index (χ3n) is 3.47. The molecule has 0 saturated heterocycles. The van der Waals surface area contributed by atoms with Gasteiger partial charge in [-0.05, 0) is 48.9 Å². The standard InChI is InChI=1S/C14H13NO3/c1-8-3-2-6-15-12(8)10(9-4-5-9)7-11(13(15)16)14(17)18/h2-3,6-7,9H,4-5H2,1H3,(H,17,18). The monoisotopic (exact) mass is 243 g/mol. The van der Waals surface area contributed by atoms with Crippen LogP contribution in [0.25, 0.3) is 5.52 Å². The molecule has 1 aliphatic rings. The molecule has 1 aliphatic carbocycles. The molecule has 0 radical (unpaired) electrons. The summed E-state index contributed by atoms with van der Waals surface area (Å²) < 4.78 is 1.46. The summed E-state index contributed by atoms with van der Waals surface area (Å²) in [4.78, 5) is 23.2. The molecule has 0 amide bonds. The SMILES string of the molecule is Cc1cccn2c(=O)c(C(=O)O)cc(C3CC3)c12. The summed E-state index contributed by atoms with van der Waals surface area (Å²) in [5.74, 6) is -0.752. The van der Waals surface area contributed by atoms with E-state index < -0.39 is 11.5 Å². The molecular formula is C14H13NO3. The number of aromatic carboxylic acids is 1. The first-order valence-corrected chi connectivity index (χ1v) is 5.98. The molecule has 3 rings (SSSR count). The van der Waals surface area contributed by atoms with Crippen LogP contribution in [0.5, 0.6) is 0 Å². The summed E-state index contributed by atoms with van der Waals surface area (Å²) in [5.41, 5.74) is 2.28. The molecule has 0 unspecified atom stereocenters. The van der Waals surface area contributed by atoms with Gasteiger partial charge in [0, 0.05) is 6.20 Å². The van der Waals surface area contributed by atoms with Crippen molar-refractivity contribution in [3.8, 4) is 0 Å². The molecule has 0 bridgehead atoms. The fourth-order valence-corrected chi connectivity index (χ4v) is 2.43. The number of carboxylic acid groups (broad SMARTS) is 1. The lowest BCUT2D eigenvalue weighted by Gasteiger charge is -2.11. The first kappa shape index (κ1) is 11.0. The largest absolute Gasteiger partial charge is 0.477 e. The first-order valence-electron chi connectivity index (χ1n) is 5.98. The Kier molecular flexibility index (Phi) is 2.26. The van der Waals surface area contributed by atoms with Crippen LogP contribution >= 0.6 is 0 Å². The molecular weight excluding hydrogens is 230 g/mol. The van der Waals surface area contributed by atoms with E-state index in [2.05, 4.69) is 0 Å². The second-order valence-electron chi connectivity index (χ2n) is 4.81. The van der Waals surface area contributed by atoms with Crippen molar-refractivity contribution in [2.75, 3.05) is 0 Å². The topological polar surface area (TPSA) is 58.8 Å². The zero-order valence-corrected chi connectivity index (χ0v) is 10.0. The molecule has 4 nitrogen and oxygen atoms in total. The molecule has 1 saturated carbocycles. The van der Waals surface area contributed by atoms with Crippen LogP contribution in [0.1, 0.15) is 40.2 Å². The van der Waals surface area contributed by atoms with Crippen molar-refractivity contribution in [2.24, 2.45) is 0 Å². The molecule has 4 heteroatoms. The van der Waals surface area contributed by atoms with Crippen molar-refractivity contribution in [2.45, 2.75) is 25.7 Å². The van der Waals surface area contributed by atoms with Crippen LogP contribution in [0.4, 0.5) is 0 Å². The number of fused-ring (bicyclic) bond motifs is 1. The molecule has 2 aromatic heterocycles. The molecule has 92 valence electrons. The summed E-state index contributed by atoms with van der Waals surface area (Å²) >= 11 is 0. The zero-order chi connectivity index (χ0) is 12.9. The highest BCUT2D eigenvalue weighted by Gasteiger charge is 2.28. The quantitative estimate of drug-likeness (QED) is 0.879. The minimum absolute atomic E-state index is 0.139. The van der Waals surface area contributed by atoms with E-state index in [4.69, 9.17) is 5.11 Å². The number of pyridine rings is 2. The van der Waals surface area contributed by atoms with Crippen molar-refractivity contribution in [3.05, 3.63) is 51.4 Å². The van der Waals surface area contributed by atoms with E-state index >= 15 is 0 Å². The molecule has 2 heterocycles. The van der Waals surface area contributed by atoms with Gasteiger partial charge < -0.3 is 5.11 Å². The maximum atomic E-state index is 12.1. The molecule has 0 aromatic carbocycles. The maximum Gasteiger partial charge on any atom is 0.341 e. The van der Waals surface area contributed by atoms with Crippen LogP contribution in [0.2, 0.25) is 0 Å². The fraction of sp³-hybridized carbons (Fsp3) is 0.286. The first-order chi connectivity index (χ1) is 8.59. The van der Waals surface area contributed by atoms with Gasteiger partial charge in [0.15, 0.2) is 0 Å². The molecule has 0 spiro atoms. The number of rotatable bonds is 2. The number of aromatic nitrogens is 1. The van der Waals surface area contributed by atoms with E-state index in [1.54, 1.807) is 18.3 Å². The predicted molar refractivity (Wildman–Crippen MR) is 67.3 cm³/mol. The highest BCUT2D eigenvalue weighted by atomic mass is 16.4. The highest BCUT2D eigenvalue weighted by Crippen LogP contribution is 2.42. The fourth-order valence-electron chi connectivity index (χ4n) is 2.43. The lowest BCUT2D eigenvalue weighted by Crippen LogP contribution is -2.23. The summed E-state index contributed by atoms with van der Waals surface area (Å²) in [6, 6.07) is 5.28. The lowest BCUT2D eigenvalue weighted by molar-refractivity contribution is 0.0694. The van der Waals surface area contributed by atoms with Crippen molar-refractivity contribution >= 4 is 11.5 Å². The number of hydrogen-bond acceptors (Lipinski definition) is 2. The van der Waals surface area contributed by atoms with E-state index in [0.717, 1.165) is 29.5 Å². The Bertz CT molecular complexity index is 711. The molecule has 1 fully saturated rings. The summed E-state index contributed by atoms with van der Waals surface area (Å²) in [6.45, 7) is 1.95. The van der Waals surface area contributed by atoms with Crippen LogP contribution in [-0.2, 0) is 0 Å². The van der Waals surface area contributed by atoms with Crippen LogP contribution in [0.3, 0.4) is 0 Å². The van der Waals surface area contributed by atoms with Crippen molar-refractivity contribution in [1.29, 1.82) is 0 Å². The van der Waals surface area contributed by atoms with Crippen LogP contribution < -0.4 is 5.56 Å². The minimum Gasteiger partial charge on any atom is -0.477 e. The van der Waals surface area contributed by atoms with Gasteiger partial charge in [0.25, 0.3) is 5.56 Å². The smallest absolute Gasteiger partial charge is 0.341 e. The summed E-state index contributed by atoms with van der Waals surface area (Å²) in [6.07, 6.45) is 3.78. The normalized spacial score (nSPS) is 14.9. The predicted octanol–water partition coefficient (Wildman–Crippen LogP) is 2.18. The Hall–Kier alpha value is -2.10. The zero-order valence-electron chi connectivity index (χ0n) is 10.0. The van der Waals surface area contributed by atoms with Gasteiger partial charge in [0.2, 0.25) is 0 Å². The Morgan fingerprint density at radius 3 is 2.78 bits per heavy atom. The number of aryl methyl sites for hydroxylation is 1. The summed E-state index contributed by atoms with van der Waals surface area (Å²) in [7, 11) is 0. The summed E-state index contributed by atoms with van der Waals surface area (Å²) in [5, 5.41) is 9.11. The second kappa shape index (κ2) is 3.70.